The van der Waals surface area contributed by atoms with Crippen LogP contribution in [0, 0.1) is 5.92 Å². The highest BCUT2D eigenvalue weighted by Gasteiger charge is 2.41. The third-order valence-corrected chi connectivity index (χ3v) is 5.23. The highest BCUT2D eigenvalue weighted by Crippen LogP contribution is 2.28. The standard InChI is InChI=1S/C20H26N2O5/c1-13(2)14-3-5-15(6-4-14)22-8-7-17(20(22)26)19(25)21-9-10-27-16(12-21)11-18(23)24/h3-6,13,16-17H,7-12H2,1-2H3,(H,23,24)/t16-,17+/m0/s1. The monoisotopic (exact) mass is 374 g/mol. The minimum Gasteiger partial charge on any atom is -0.481 e. The molecule has 0 unspecified atom stereocenters. The van der Waals surface area contributed by atoms with E-state index in [1.54, 1.807) is 9.80 Å². The molecule has 0 saturated carbocycles. The summed E-state index contributed by atoms with van der Waals surface area (Å²) in [4.78, 5) is 39.8. The molecule has 1 N–H and O–H groups in total. The Kier molecular flexibility index (Phi) is 5.79. The van der Waals surface area contributed by atoms with Gasteiger partial charge in [0.2, 0.25) is 11.8 Å². The number of nitrogens with zero attached hydrogens (tertiary/aromatic N) is 2. The average Bonchev–Trinajstić information content (AvgIpc) is 3.02. The fourth-order valence-electron chi connectivity index (χ4n) is 3.66. The van der Waals surface area contributed by atoms with Crippen molar-refractivity contribution in [2.24, 2.45) is 5.92 Å². The van der Waals surface area contributed by atoms with Crippen LogP contribution in [0.3, 0.4) is 0 Å². The van der Waals surface area contributed by atoms with Crippen molar-refractivity contribution in [2.45, 2.75) is 38.7 Å². The molecule has 27 heavy (non-hydrogen) atoms. The van der Waals surface area contributed by atoms with Gasteiger partial charge in [0.25, 0.3) is 0 Å². The van der Waals surface area contributed by atoms with E-state index in [1.165, 1.54) is 5.56 Å². The van der Waals surface area contributed by atoms with Crippen molar-refractivity contribution in [1.29, 1.82) is 0 Å². The van der Waals surface area contributed by atoms with E-state index in [0.29, 0.717) is 32.0 Å². The molecule has 1 aromatic carbocycles. The molecule has 7 nitrogen and oxygen atoms in total. The third kappa shape index (κ3) is 4.30. The first kappa shape index (κ1) is 19.4. The van der Waals surface area contributed by atoms with Gasteiger partial charge < -0.3 is 19.6 Å². The van der Waals surface area contributed by atoms with Crippen LogP contribution in [0.2, 0.25) is 0 Å². The van der Waals surface area contributed by atoms with E-state index in [0.717, 1.165) is 5.69 Å². The summed E-state index contributed by atoms with van der Waals surface area (Å²) < 4.78 is 5.41. The molecule has 0 radical (unpaired) electrons. The van der Waals surface area contributed by atoms with Crippen LogP contribution in [0.15, 0.2) is 24.3 Å². The van der Waals surface area contributed by atoms with Crippen LogP contribution < -0.4 is 4.90 Å². The predicted molar refractivity (Wildman–Crippen MR) is 99.6 cm³/mol. The maximum absolute atomic E-state index is 12.8. The SMILES string of the molecule is CC(C)c1ccc(N2CC[C@H](C(=O)N3CCO[C@@H](CC(=O)O)C3)C2=O)cc1. The van der Waals surface area contributed by atoms with Gasteiger partial charge in [-0.25, -0.2) is 0 Å². The normalized spacial score (nSPS) is 23.1. The van der Waals surface area contributed by atoms with Gasteiger partial charge in [0.15, 0.2) is 0 Å². The van der Waals surface area contributed by atoms with Crippen molar-refractivity contribution in [3.63, 3.8) is 0 Å². The highest BCUT2D eigenvalue weighted by molar-refractivity contribution is 6.09. The van der Waals surface area contributed by atoms with Gasteiger partial charge in [-0.2, -0.15) is 0 Å². The first-order valence-electron chi connectivity index (χ1n) is 9.40. The number of hydrogen-bond acceptors (Lipinski definition) is 4. The van der Waals surface area contributed by atoms with Crippen molar-refractivity contribution >= 4 is 23.5 Å². The molecule has 2 aliphatic rings. The Morgan fingerprint density at radius 1 is 1.22 bits per heavy atom. The summed E-state index contributed by atoms with van der Waals surface area (Å²) in [6.07, 6.45) is -0.183. The second kappa shape index (κ2) is 8.08. The van der Waals surface area contributed by atoms with Gasteiger partial charge in [0.05, 0.1) is 19.1 Å². The van der Waals surface area contributed by atoms with Crippen molar-refractivity contribution in [2.75, 3.05) is 31.1 Å². The fourth-order valence-corrected chi connectivity index (χ4v) is 3.66. The van der Waals surface area contributed by atoms with E-state index in [1.807, 2.05) is 24.3 Å². The number of carbonyl (C=O) groups excluding carboxylic acids is 2. The van der Waals surface area contributed by atoms with Gasteiger partial charge in [-0.1, -0.05) is 26.0 Å². The molecule has 2 heterocycles. The van der Waals surface area contributed by atoms with Crippen LogP contribution in [0.5, 0.6) is 0 Å². The van der Waals surface area contributed by atoms with Gasteiger partial charge >= 0.3 is 5.97 Å². The quantitative estimate of drug-likeness (QED) is 0.795. The zero-order chi connectivity index (χ0) is 19.6. The van der Waals surface area contributed by atoms with Gasteiger partial charge in [-0.3, -0.25) is 14.4 Å². The van der Waals surface area contributed by atoms with Crippen molar-refractivity contribution < 1.29 is 24.2 Å². The molecule has 1 aromatic rings. The van der Waals surface area contributed by atoms with Crippen LogP contribution >= 0.6 is 0 Å². The zero-order valence-electron chi connectivity index (χ0n) is 15.8. The molecule has 2 atom stereocenters. The Hall–Kier alpha value is -2.41. The number of carboxylic acids is 1. The second-order valence-electron chi connectivity index (χ2n) is 7.45. The molecule has 0 aromatic heterocycles. The molecule has 2 fully saturated rings. The lowest BCUT2D eigenvalue weighted by Crippen LogP contribution is -2.49. The fraction of sp³-hybridized carbons (Fsp3) is 0.550. The number of amides is 2. The van der Waals surface area contributed by atoms with Gasteiger partial charge in [0, 0.05) is 25.3 Å². The molecule has 0 aliphatic carbocycles. The number of hydrogen-bond donors (Lipinski definition) is 1. The molecule has 146 valence electrons. The molecule has 0 bridgehead atoms. The number of carbonyl (C=O) groups is 3. The van der Waals surface area contributed by atoms with Crippen molar-refractivity contribution in [3.8, 4) is 0 Å². The lowest BCUT2D eigenvalue weighted by molar-refractivity contribution is -0.151. The summed E-state index contributed by atoms with van der Waals surface area (Å²) in [5, 5.41) is 8.91. The lowest BCUT2D eigenvalue weighted by atomic mass is 10.0. The number of morpholine rings is 1. The Morgan fingerprint density at radius 3 is 2.56 bits per heavy atom. The number of ether oxygens (including phenoxy) is 1. The number of aliphatic carboxylic acids is 1. The Bertz CT molecular complexity index is 716. The molecule has 2 saturated heterocycles. The van der Waals surface area contributed by atoms with Crippen LogP contribution in [0.4, 0.5) is 5.69 Å². The predicted octanol–water partition coefficient (Wildman–Crippen LogP) is 1.86. The molecule has 2 amide bonds. The molecule has 3 rings (SSSR count). The Morgan fingerprint density at radius 2 is 1.93 bits per heavy atom. The average molecular weight is 374 g/mol. The summed E-state index contributed by atoms with van der Waals surface area (Å²) in [6, 6.07) is 7.89. The molecular formula is C20H26N2O5. The van der Waals surface area contributed by atoms with Crippen LogP contribution in [0.1, 0.15) is 38.2 Å². The first-order chi connectivity index (χ1) is 12.9. The maximum atomic E-state index is 12.8. The van der Waals surface area contributed by atoms with Gasteiger partial charge in [-0.15, -0.1) is 0 Å². The maximum Gasteiger partial charge on any atom is 0.306 e. The minimum atomic E-state index is -0.956. The van der Waals surface area contributed by atoms with E-state index < -0.39 is 18.0 Å². The summed E-state index contributed by atoms with van der Waals surface area (Å²) in [6.45, 7) is 5.65. The van der Waals surface area contributed by atoms with E-state index in [2.05, 4.69) is 13.8 Å². The summed E-state index contributed by atoms with van der Waals surface area (Å²) >= 11 is 0. The summed E-state index contributed by atoms with van der Waals surface area (Å²) in [5.74, 6) is -1.64. The molecule has 7 heteroatoms. The third-order valence-electron chi connectivity index (χ3n) is 5.23. The zero-order valence-corrected chi connectivity index (χ0v) is 15.8. The Labute approximate surface area is 158 Å². The number of benzene rings is 1. The van der Waals surface area contributed by atoms with E-state index in [-0.39, 0.29) is 24.8 Å². The second-order valence-corrected chi connectivity index (χ2v) is 7.45. The number of rotatable bonds is 5. The van der Waals surface area contributed by atoms with Crippen molar-refractivity contribution in [1.82, 2.24) is 4.90 Å². The molecule has 0 spiro atoms. The Balaban J connectivity index is 1.65. The highest BCUT2D eigenvalue weighted by atomic mass is 16.5. The molecule has 2 aliphatic heterocycles. The smallest absolute Gasteiger partial charge is 0.306 e. The first-order valence-corrected chi connectivity index (χ1v) is 9.40. The van der Waals surface area contributed by atoms with Crippen LogP contribution in [-0.2, 0) is 19.1 Å². The van der Waals surface area contributed by atoms with E-state index in [9.17, 15) is 14.4 Å². The van der Waals surface area contributed by atoms with Gasteiger partial charge in [-0.05, 0) is 30.0 Å². The lowest BCUT2D eigenvalue weighted by Gasteiger charge is -2.33. The largest absolute Gasteiger partial charge is 0.481 e. The van der Waals surface area contributed by atoms with Crippen LogP contribution in [0.25, 0.3) is 0 Å². The summed E-state index contributed by atoms with van der Waals surface area (Å²) in [5.41, 5.74) is 2.02. The topological polar surface area (TPSA) is 87.2 Å². The number of carboxylic acid groups (broad SMARTS) is 1. The van der Waals surface area contributed by atoms with Gasteiger partial charge in [0.1, 0.15) is 5.92 Å². The van der Waals surface area contributed by atoms with Crippen LogP contribution in [-0.4, -0.2) is 60.1 Å². The number of anilines is 1. The minimum absolute atomic E-state index is 0.142. The van der Waals surface area contributed by atoms with E-state index >= 15 is 0 Å². The van der Waals surface area contributed by atoms with Crippen molar-refractivity contribution in [3.05, 3.63) is 29.8 Å². The van der Waals surface area contributed by atoms with E-state index in [4.69, 9.17) is 9.84 Å². The molecular weight excluding hydrogens is 348 g/mol. The summed E-state index contributed by atoms with van der Waals surface area (Å²) in [7, 11) is 0.